The maximum atomic E-state index is 4.45. The second-order valence-corrected chi connectivity index (χ2v) is 9.73. The van der Waals surface area contributed by atoms with E-state index in [1.165, 1.54) is 0 Å². The molecule has 0 aliphatic rings. The highest BCUT2D eigenvalue weighted by Gasteiger charge is 2.07. The third-order valence-electron chi connectivity index (χ3n) is 1.96. The van der Waals surface area contributed by atoms with Gasteiger partial charge in [0, 0.05) is 0 Å². The highest BCUT2D eigenvalue weighted by molar-refractivity contribution is 6.81. The third kappa shape index (κ3) is 3.42. The summed E-state index contributed by atoms with van der Waals surface area (Å²) in [6.45, 7) is 10.9. The van der Waals surface area contributed by atoms with E-state index < -0.39 is 8.07 Å². The quantitative estimate of drug-likeness (QED) is 0.695. The van der Waals surface area contributed by atoms with Crippen molar-refractivity contribution in [3.05, 3.63) is 29.0 Å². The van der Waals surface area contributed by atoms with E-state index in [0.29, 0.717) is 0 Å². The zero-order chi connectivity index (χ0) is 10.8. The van der Waals surface area contributed by atoms with Gasteiger partial charge in [-0.2, -0.15) is 0 Å². The van der Waals surface area contributed by atoms with Gasteiger partial charge in [0.25, 0.3) is 0 Å². The first kappa shape index (κ1) is 11.1. The first-order valence-electron chi connectivity index (χ1n) is 4.88. The SMILES string of the molecule is Cc1ncc(C=C[Si](C)(C)C)nc1C. The molecule has 1 heterocycles. The topological polar surface area (TPSA) is 25.8 Å². The zero-order valence-corrected chi connectivity index (χ0v) is 10.6. The van der Waals surface area contributed by atoms with E-state index in [1.807, 2.05) is 20.0 Å². The van der Waals surface area contributed by atoms with Gasteiger partial charge >= 0.3 is 0 Å². The van der Waals surface area contributed by atoms with Crippen LogP contribution in [-0.2, 0) is 0 Å². The maximum absolute atomic E-state index is 4.45. The minimum absolute atomic E-state index is 0.968. The van der Waals surface area contributed by atoms with Gasteiger partial charge in [-0.05, 0) is 19.9 Å². The molecule has 0 spiro atoms. The maximum Gasteiger partial charge on any atom is 0.0809 e. The van der Waals surface area contributed by atoms with Crippen LogP contribution in [0.4, 0.5) is 0 Å². The minimum atomic E-state index is -1.12. The molecule has 0 bridgehead atoms. The largest absolute Gasteiger partial charge is 0.257 e. The smallest absolute Gasteiger partial charge is 0.0809 e. The molecular weight excluding hydrogens is 188 g/mol. The lowest BCUT2D eigenvalue weighted by Gasteiger charge is -2.08. The van der Waals surface area contributed by atoms with Crippen molar-refractivity contribution in [2.45, 2.75) is 33.5 Å². The van der Waals surface area contributed by atoms with Crippen molar-refractivity contribution in [1.82, 2.24) is 9.97 Å². The predicted molar refractivity (Wildman–Crippen MR) is 63.9 cm³/mol. The Kier molecular flexibility index (Phi) is 3.21. The fourth-order valence-electron chi connectivity index (χ4n) is 0.975. The molecule has 0 saturated carbocycles. The van der Waals surface area contributed by atoms with Crippen LogP contribution in [0.5, 0.6) is 0 Å². The third-order valence-corrected chi connectivity index (χ3v) is 3.13. The lowest BCUT2D eigenvalue weighted by Crippen LogP contribution is -2.15. The average Bonchev–Trinajstić information content (AvgIpc) is 2.06. The normalized spacial score (nSPS) is 12.4. The number of nitrogens with zero attached hydrogens (tertiary/aromatic N) is 2. The molecule has 0 amide bonds. The minimum Gasteiger partial charge on any atom is -0.257 e. The Morgan fingerprint density at radius 2 is 1.79 bits per heavy atom. The van der Waals surface area contributed by atoms with Crippen LogP contribution in [0.3, 0.4) is 0 Å². The van der Waals surface area contributed by atoms with Crippen LogP contribution in [0.2, 0.25) is 19.6 Å². The molecular formula is C11H18N2Si. The van der Waals surface area contributed by atoms with Crippen molar-refractivity contribution in [2.75, 3.05) is 0 Å². The molecule has 0 atom stereocenters. The van der Waals surface area contributed by atoms with Crippen LogP contribution >= 0.6 is 0 Å². The van der Waals surface area contributed by atoms with E-state index >= 15 is 0 Å². The second kappa shape index (κ2) is 4.05. The van der Waals surface area contributed by atoms with Gasteiger partial charge in [0.1, 0.15) is 0 Å². The standard InChI is InChI=1S/C11H18N2Si/c1-9-10(2)13-11(8-12-9)6-7-14(3,4)5/h6-8H,1-5H3. The van der Waals surface area contributed by atoms with E-state index in [4.69, 9.17) is 0 Å². The van der Waals surface area contributed by atoms with Crippen LogP contribution in [0.15, 0.2) is 11.9 Å². The summed E-state index contributed by atoms with van der Waals surface area (Å²) in [6.07, 6.45) is 3.92. The van der Waals surface area contributed by atoms with Crippen molar-refractivity contribution in [2.24, 2.45) is 0 Å². The second-order valence-electron chi connectivity index (χ2n) is 4.67. The summed E-state index contributed by atoms with van der Waals surface area (Å²) in [5.74, 6) is 0. The Bertz CT molecular complexity index is 351. The summed E-state index contributed by atoms with van der Waals surface area (Å²) in [4.78, 5) is 8.73. The van der Waals surface area contributed by atoms with E-state index in [2.05, 4.69) is 41.4 Å². The molecule has 0 radical (unpaired) electrons. The summed E-state index contributed by atoms with van der Waals surface area (Å²) in [6, 6.07) is 0. The Balaban J connectivity index is 2.89. The molecule has 14 heavy (non-hydrogen) atoms. The van der Waals surface area contributed by atoms with Crippen LogP contribution in [-0.4, -0.2) is 18.0 Å². The first-order valence-corrected chi connectivity index (χ1v) is 8.46. The number of rotatable bonds is 2. The zero-order valence-electron chi connectivity index (χ0n) is 9.63. The summed E-state index contributed by atoms with van der Waals surface area (Å²) in [5.41, 5.74) is 5.28. The fourth-order valence-corrected chi connectivity index (χ4v) is 1.65. The van der Waals surface area contributed by atoms with Gasteiger partial charge in [-0.15, -0.1) is 0 Å². The van der Waals surface area contributed by atoms with Crippen molar-refractivity contribution < 1.29 is 0 Å². The van der Waals surface area contributed by atoms with E-state index in [0.717, 1.165) is 17.1 Å². The van der Waals surface area contributed by atoms with Crippen LogP contribution < -0.4 is 0 Å². The Labute approximate surface area is 87.1 Å². The molecule has 0 unspecified atom stereocenters. The number of aromatic nitrogens is 2. The van der Waals surface area contributed by atoms with Crippen molar-refractivity contribution in [1.29, 1.82) is 0 Å². The highest BCUT2D eigenvalue weighted by atomic mass is 28.3. The van der Waals surface area contributed by atoms with Gasteiger partial charge < -0.3 is 0 Å². The fraction of sp³-hybridized carbons (Fsp3) is 0.455. The van der Waals surface area contributed by atoms with Crippen LogP contribution in [0.25, 0.3) is 6.08 Å². The van der Waals surface area contributed by atoms with Crippen molar-refractivity contribution >= 4 is 14.1 Å². The molecule has 0 aliphatic carbocycles. The monoisotopic (exact) mass is 206 g/mol. The van der Waals surface area contributed by atoms with E-state index in [1.54, 1.807) is 0 Å². The van der Waals surface area contributed by atoms with Gasteiger partial charge in [0.15, 0.2) is 0 Å². The summed E-state index contributed by atoms with van der Waals surface area (Å²) in [7, 11) is -1.12. The molecule has 0 aliphatic heterocycles. The summed E-state index contributed by atoms with van der Waals surface area (Å²) in [5, 5.41) is 0. The van der Waals surface area contributed by atoms with E-state index in [9.17, 15) is 0 Å². The van der Waals surface area contributed by atoms with E-state index in [-0.39, 0.29) is 0 Å². The van der Waals surface area contributed by atoms with Crippen molar-refractivity contribution in [3.63, 3.8) is 0 Å². The number of hydrogen-bond donors (Lipinski definition) is 0. The Hall–Kier alpha value is -0.963. The first-order chi connectivity index (χ1) is 6.38. The number of hydrogen-bond acceptors (Lipinski definition) is 2. The summed E-state index contributed by atoms with van der Waals surface area (Å²) >= 11 is 0. The molecule has 3 heteroatoms. The molecule has 0 fully saturated rings. The molecule has 1 aromatic rings. The van der Waals surface area contributed by atoms with Gasteiger partial charge in [-0.25, -0.2) is 0 Å². The molecule has 76 valence electrons. The van der Waals surface area contributed by atoms with Gasteiger partial charge in [-0.1, -0.05) is 25.3 Å². The predicted octanol–water partition coefficient (Wildman–Crippen LogP) is 2.98. The van der Waals surface area contributed by atoms with Crippen LogP contribution in [0, 0.1) is 13.8 Å². The molecule has 0 N–H and O–H groups in total. The molecule has 2 nitrogen and oxygen atoms in total. The molecule has 1 rings (SSSR count). The lowest BCUT2D eigenvalue weighted by atomic mass is 10.3. The molecule has 0 aromatic carbocycles. The van der Waals surface area contributed by atoms with Gasteiger partial charge in [0.2, 0.25) is 0 Å². The molecule has 0 saturated heterocycles. The average molecular weight is 206 g/mol. The Morgan fingerprint density at radius 1 is 1.14 bits per heavy atom. The van der Waals surface area contributed by atoms with Crippen LogP contribution in [0.1, 0.15) is 17.1 Å². The number of aryl methyl sites for hydroxylation is 2. The highest BCUT2D eigenvalue weighted by Crippen LogP contribution is 2.07. The van der Waals surface area contributed by atoms with Crippen molar-refractivity contribution in [3.8, 4) is 0 Å². The summed E-state index contributed by atoms with van der Waals surface area (Å²) < 4.78 is 0. The van der Waals surface area contributed by atoms with Gasteiger partial charge in [-0.3, -0.25) is 9.97 Å². The lowest BCUT2D eigenvalue weighted by molar-refractivity contribution is 1.04. The van der Waals surface area contributed by atoms with Gasteiger partial charge in [0.05, 0.1) is 31.4 Å². The molecule has 1 aromatic heterocycles. The Morgan fingerprint density at radius 3 is 2.29 bits per heavy atom.